The first-order valence-electron chi connectivity index (χ1n) is 7.18. The van der Waals surface area contributed by atoms with Crippen LogP contribution >= 0.6 is 15.9 Å². The van der Waals surface area contributed by atoms with Gasteiger partial charge in [0.05, 0.1) is 6.21 Å². The Morgan fingerprint density at radius 3 is 2.68 bits per heavy atom. The van der Waals surface area contributed by atoms with Crippen LogP contribution in [0.15, 0.2) is 27.8 Å². The minimum absolute atomic E-state index is 0.0351. The van der Waals surface area contributed by atoms with Crippen LogP contribution in [0, 0.1) is 0 Å². The van der Waals surface area contributed by atoms with Gasteiger partial charge in [-0.15, -0.1) is 0 Å². The van der Waals surface area contributed by atoms with Crippen molar-refractivity contribution in [2.75, 3.05) is 0 Å². The Kier molecular flexibility index (Phi) is 5.94. The summed E-state index contributed by atoms with van der Waals surface area (Å²) in [5.74, 6) is -1.45. The second-order valence-corrected chi connectivity index (χ2v) is 6.13. The molecule has 0 bridgehead atoms. The van der Waals surface area contributed by atoms with Crippen molar-refractivity contribution >= 4 is 34.0 Å². The lowest BCUT2D eigenvalue weighted by molar-refractivity contribution is -0.139. The molecule has 7 heteroatoms. The highest BCUT2D eigenvalue weighted by molar-refractivity contribution is 9.10. The number of hydrogen-bond donors (Lipinski definition) is 3. The normalized spacial score (nSPS) is 15.7. The first-order chi connectivity index (χ1) is 10.6. The number of aromatic hydroxyl groups is 1. The molecule has 3 N–H and O–H groups in total. The Morgan fingerprint density at radius 2 is 1.95 bits per heavy atom. The van der Waals surface area contributed by atoms with Crippen molar-refractivity contribution < 1.29 is 14.7 Å². The van der Waals surface area contributed by atoms with E-state index in [9.17, 15) is 14.7 Å². The number of nitrogens with one attached hydrogen (secondary N) is 2. The van der Waals surface area contributed by atoms with Crippen LogP contribution in [0.5, 0.6) is 5.75 Å². The summed E-state index contributed by atoms with van der Waals surface area (Å²) in [5, 5.41) is 16.0. The van der Waals surface area contributed by atoms with E-state index in [0.717, 1.165) is 30.2 Å². The Bertz CT molecular complexity index is 583. The minimum atomic E-state index is -0.809. The van der Waals surface area contributed by atoms with Crippen LogP contribution in [-0.4, -0.2) is 29.2 Å². The molecule has 0 saturated heterocycles. The predicted octanol–water partition coefficient (Wildman–Crippen LogP) is 2.05. The summed E-state index contributed by atoms with van der Waals surface area (Å²) in [6, 6.07) is 4.91. The maximum atomic E-state index is 11.7. The summed E-state index contributed by atoms with van der Waals surface area (Å²) in [4.78, 5) is 23.4. The third-order valence-corrected chi connectivity index (χ3v) is 4.00. The lowest BCUT2D eigenvalue weighted by Crippen LogP contribution is -2.44. The summed E-state index contributed by atoms with van der Waals surface area (Å²) in [6.07, 6.45) is 6.44. The van der Waals surface area contributed by atoms with Gasteiger partial charge in [-0.3, -0.25) is 9.59 Å². The van der Waals surface area contributed by atoms with Gasteiger partial charge in [-0.25, -0.2) is 5.43 Å². The molecule has 0 atom stereocenters. The van der Waals surface area contributed by atoms with Crippen LogP contribution in [0.4, 0.5) is 0 Å². The van der Waals surface area contributed by atoms with E-state index in [1.165, 1.54) is 18.7 Å². The van der Waals surface area contributed by atoms with E-state index < -0.39 is 11.8 Å². The summed E-state index contributed by atoms with van der Waals surface area (Å²) in [5.41, 5.74) is 2.59. The Hall–Kier alpha value is -1.89. The van der Waals surface area contributed by atoms with E-state index in [1.54, 1.807) is 12.1 Å². The van der Waals surface area contributed by atoms with Crippen molar-refractivity contribution in [1.82, 2.24) is 10.7 Å². The number of benzene rings is 1. The molecule has 0 aromatic heterocycles. The smallest absolute Gasteiger partial charge is 0.329 e. The number of hydrogen-bond acceptors (Lipinski definition) is 4. The highest BCUT2D eigenvalue weighted by atomic mass is 79.9. The summed E-state index contributed by atoms with van der Waals surface area (Å²) in [6.45, 7) is 0. The van der Waals surface area contributed by atoms with Crippen molar-refractivity contribution in [3.63, 3.8) is 0 Å². The van der Waals surface area contributed by atoms with Gasteiger partial charge in [0.25, 0.3) is 0 Å². The van der Waals surface area contributed by atoms with E-state index in [2.05, 4.69) is 31.8 Å². The predicted molar refractivity (Wildman–Crippen MR) is 86.6 cm³/mol. The van der Waals surface area contributed by atoms with Crippen LogP contribution in [-0.2, 0) is 9.59 Å². The van der Waals surface area contributed by atoms with Gasteiger partial charge >= 0.3 is 11.8 Å². The molecule has 2 amide bonds. The van der Waals surface area contributed by atoms with Gasteiger partial charge in [0.15, 0.2) is 0 Å². The molecular formula is C15H18BrN3O3. The molecule has 1 aliphatic rings. The van der Waals surface area contributed by atoms with E-state index >= 15 is 0 Å². The zero-order valence-corrected chi connectivity index (χ0v) is 13.6. The maximum Gasteiger partial charge on any atom is 0.329 e. The zero-order chi connectivity index (χ0) is 15.9. The molecule has 118 valence electrons. The number of carbonyl (C=O) groups is 2. The second-order valence-electron chi connectivity index (χ2n) is 5.21. The molecule has 1 aromatic rings. The van der Waals surface area contributed by atoms with E-state index in [0.29, 0.717) is 5.56 Å². The molecule has 1 aliphatic carbocycles. The van der Waals surface area contributed by atoms with Gasteiger partial charge in [-0.1, -0.05) is 35.2 Å². The van der Waals surface area contributed by atoms with Gasteiger partial charge in [0.2, 0.25) is 0 Å². The fourth-order valence-corrected chi connectivity index (χ4v) is 2.72. The molecule has 0 radical (unpaired) electrons. The second kappa shape index (κ2) is 7.93. The number of phenols is 1. The number of halogens is 1. The molecular weight excluding hydrogens is 350 g/mol. The van der Waals surface area contributed by atoms with Crippen LogP contribution < -0.4 is 10.7 Å². The lowest BCUT2D eigenvalue weighted by Gasteiger charge is -2.22. The molecule has 22 heavy (non-hydrogen) atoms. The maximum absolute atomic E-state index is 11.7. The first kappa shape index (κ1) is 16.5. The Balaban J connectivity index is 1.84. The summed E-state index contributed by atoms with van der Waals surface area (Å²) in [7, 11) is 0. The van der Waals surface area contributed by atoms with Gasteiger partial charge in [-0.2, -0.15) is 5.10 Å². The number of phenolic OH excluding ortho intramolecular Hbond substituents is 1. The molecule has 0 heterocycles. The Morgan fingerprint density at radius 1 is 1.23 bits per heavy atom. The SMILES string of the molecule is O=C(NN=Cc1cc(Br)ccc1O)C(=O)NC1CCCCC1. The average molecular weight is 368 g/mol. The molecule has 0 unspecified atom stereocenters. The van der Waals surface area contributed by atoms with E-state index in [1.807, 2.05) is 0 Å². The highest BCUT2D eigenvalue weighted by Crippen LogP contribution is 2.20. The van der Waals surface area contributed by atoms with Gasteiger partial charge < -0.3 is 10.4 Å². The van der Waals surface area contributed by atoms with Crippen molar-refractivity contribution in [1.29, 1.82) is 0 Å². The van der Waals surface area contributed by atoms with Crippen LogP contribution in [0.3, 0.4) is 0 Å². The van der Waals surface area contributed by atoms with E-state index in [-0.39, 0.29) is 11.8 Å². The van der Waals surface area contributed by atoms with Crippen molar-refractivity contribution in [3.05, 3.63) is 28.2 Å². The molecule has 1 aromatic carbocycles. The van der Waals surface area contributed by atoms with Gasteiger partial charge in [-0.05, 0) is 31.0 Å². The number of rotatable bonds is 3. The van der Waals surface area contributed by atoms with Crippen molar-refractivity contribution in [2.45, 2.75) is 38.1 Å². The third kappa shape index (κ3) is 4.84. The number of amides is 2. The number of nitrogens with zero attached hydrogens (tertiary/aromatic N) is 1. The lowest BCUT2D eigenvalue weighted by atomic mass is 9.95. The van der Waals surface area contributed by atoms with Crippen LogP contribution in [0.25, 0.3) is 0 Å². The molecule has 0 spiro atoms. The van der Waals surface area contributed by atoms with Gasteiger partial charge in [0.1, 0.15) is 5.75 Å². The van der Waals surface area contributed by atoms with E-state index in [4.69, 9.17) is 0 Å². The van der Waals surface area contributed by atoms with Gasteiger partial charge in [0, 0.05) is 16.1 Å². The standard InChI is InChI=1S/C15H18BrN3O3/c16-11-6-7-13(20)10(8-11)9-17-19-15(22)14(21)18-12-4-2-1-3-5-12/h6-9,12,20H,1-5H2,(H,18,21)(H,19,22). The Labute approximate surface area is 137 Å². The third-order valence-electron chi connectivity index (χ3n) is 3.51. The van der Waals surface area contributed by atoms with Crippen molar-refractivity contribution in [3.8, 4) is 5.75 Å². The number of carbonyl (C=O) groups excluding carboxylic acids is 2. The van der Waals surface area contributed by atoms with Crippen LogP contribution in [0.1, 0.15) is 37.7 Å². The first-order valence-corrected chi connectivity index (χ1v) is 7.98. The summed E-state index contributed by atoms with van der Waals surface area (Å²) < 4.78 is 0.771. The van der Waals surface area contributed by atoms with Crippen LogP contribution in [0.2, 0.25) is 0 Å². The molecule has 2 rings (SSSR count). The molecule has 6 nitrogen and oxygen atoms in total. The fraction of sp³-hybridized carbons (Fsp3) is 0.400. The average Bonchev–Trinajstić information content (AvgIpc) is 2.51. The highest BCUT2D eigenvalue weighted by Gasteiger charge is 2.19. The largest absolute Gasteiger partial charge is 0.507 e. The quantitative estimate of drug-likeness (QED) is 0.433. The molecule has 1 saturated carbocycles. The molecule has 1 fully saturated rings. The van der Waals surface area contributed by atoms with Crippen molar-refractivity contribution in [2.24, 2.45) is 5.10 Å². The summed E-state index contributed by atoms with van der Waals surface area (Å²) >= 11 is 3.27. The number of hydrazone groups is 1. The molecule has 0 aliphatic heterocycles. The monoisotopic (exact) mass is 367 g/mol. The zero-order valence-electron chi connectivity index (χ0n) is 12.0. The topological polar surface area (TPSA) is 90.8 Å². The minimum Gasteiger partial charge on any atom is -0.507 e. The fourth-order valence-electron chi connectivity index (χ4n) is 2.34.